The van der Waals surface area contributed by atoms with Gasteiger partial charge in [-0.2, -0.15) is 0 Å². The first-order valence-electron chi connectivity index (χ1n) is 11.5. The molecule has 1 aliphatic rings. The summed E-state index contributed by atoms with van der Waals surface area (Å²) in [6.45, 7) is 7.71. The molecule has 1 fully saturated rings. The fraction of sp³-hybridized carbons (Fsp3) is 0.296. The molecule has 0 bridgehead atoms. The van der Waals surface area contributed by atoms with Gasteiger partial charge in [0.05, 0.1) is 25.0 Å². The number of nitrogens with zero attached hydrogens (tertiary/aromatic N) is 3. The van der Waals surface area contributed by atoms with Gasteiger partial charge in [0.15, 0.2) is 0 Å². The monoisotopic (exact) mass is 477 g/mol. The zero-order chi connectivity index (χ0) is 25.2. The van der Waals surface area contributed by atoms with Crippen molar-refractivity contribution in [1.29, 1.82) is 0 Å². The van der Waals surface area contributed by atoms with E-state index >= 15 is 0 Å². The minimum atomic E-state index is -1.15. The van der Waals surface area contributed by atoms with Crippen molar-refractivity contribution >= 4 is 23.0 Å². The van der Waals surface area contributed by atoms with Crippen LogP contribution in [0.25, 0.3) is 0 Å². The SMILES string of the molecule is CCOc1ccccc1N1CCN(c2ccc(N=O)c(C(=O)O)c2)CC1.COc1ccc(C)cc1. The maximum atomic E-state index is 11.3. The Morgan fingerprint density at radius 2 is 1.63 bits per heavy atom. The summed E-state index contributed by atoms with van der Waals surface area (Å²) in [7, 11) is 1.67. The number of para-hydroxylation sites is 2. The van der Waals surface area contributed by atoms with Crippen LogP contribution >= 0.6 is 0 Å². The lowest BCUT2D eigenvalue weighted by molar-refractivity contribution is 0.0698. The lowest BCUT2D eigenvalue weighted by atomic mass is 10.1. The van der Waals surface area contributed by atoms with E-state index in [2.05, 4.69) is 21.9 Å². The molecule has 0 atom stereocenters. The van der Waals surface area contributed by atoms with E-state index < -0.39 is 5.97 Å². The first kappa shape index (κ1) is 25.6. The average molecular weight is 478 g/mol. The van der Waals surface area contributed by atoms with Gasteiger partial charge in [-0.1, -0.05) is 29.8 Å². The topological polar surface area (TPSA) is 91.7 Å². The van der Waals surface area contributed by atoms with Crippen molar-refractivity contribution in [2.75, 3.05) is 49.7 Å². The van der Waals surface area contributed by atoms with Crippen LogP contribution < -0.4 is 19.3 Å². The maximum absolute atomic E-state index is 11.3. The quantitative estimate of drug-likeness (QED) is 0.449. The lowest BCUT2D eigenvalue weighted by Crippen LogP contribution is -2.46. The van der Waals surface area contributed by atoms with Gasteiger partial charge >= 0.3 is 5.97 Å². The Labute approximate surface area is 205 Å². The van der Waals surface area contributed by atoms with E-state index in [4.69, 9.17) is 9.47 Å². The van der Waals surface area contributed by atoms with Gasteiger partial charge in [-0.25, -0.2) is 4.79 Å². The van der Waals surface area contributed by atoms with Crippen LogP contribution in [0.5, 0.6) is 11.5 Å². The summed E-state index contributed by atoms with van der Waals surface area (Å²) in [5.41, 5.74) is 3.00. The number of benzene rings is 3. The second-order valence-corrected chi connectivity index (χ2v) is 7.99. The van der Waals surface area contributed by atoms with Crippen LogP contribution in [0.4, 0.5) is 17.1 Å². The van der Waals surface area contributed by atoms with E-state index in [1.807, 2.05) is 55.5 Å². The van der Waals surface area contributed by atoms with Gasteiger partial charge in [0.2, 0.25) is 0 Å². The fourth-order valence-corrected chi connectivity index (χ4v) is 3.85. The summed E-state index contributed by atoms with van der Waals surface area (Å²) in [6, 6.07) is 20.7. The highest BCUT2D eigenvalue weighted by Gasteiger charge is 2.21. The number of nitroso groups, excluding NO2 is 1. The standard InChI is InChI=1S/C19H21N3O4.C8H10O/c1-2-26-18-6-4-3-5-17(18)22-11-9-21(10-12-22)14-7-8-16(20-25)15(13-14)19(23)24;1-7-3-5-8(9-2)6-4-7/h3-8,13H,2,9-12H2,1H3,(H,23,24);3-6H,1-2H3. The van der Waals surface area contributed by atoms with Crippen molar-refractivity contribution in [2.45, 2.75) is 13.8 Å². The zero-order valence-electron chi connectivity index (χ0n) is 20.3. The number of piperazine rings is 1. The van der Waals surface area contributed by atoms with Crippen LogP contribution in [0, 0.1) is 11.8 Å². The Balaban J connectivity index is 0.000000320. The third-order valence-electron chi connectivity index (χ3n) is 5.72. The molecule has 8 heteroatoms. The molecule has 3 aromatic rings. The van der Waals surface area contributed by atoms with Crippen molar-refractivity contribution in [2.24, 2.45) is 5.18 Å². The number of anilines is 2. The number of hydrogen-bond acceptors (Lipinski definition) is 7. The predicted octanol–water partition coefficient (Wildman–Crippen LogP) is 5.51. The highest BCUT2D eigenvalue weighted by atomic mass is 16.5. The summed E-state index contributed by atoms with van der Waals surface area (Å²) in [6.07, 6.45) is 0. The van der Waals surface area contributed by atoms with E-state index in [1.165, 1.54) is 17.7 Å². The summed E-state index contributed by atoms with van der Waals surface area (Å²) in [5.74, 6) is 0.643. The molecule has 4 rings (SSSR count). The van der Waals surface area contributed by atoms with Crippen LogP contribution in [-0.4, -0.2) is 51.0 Å². The van der Waals surface area contributed by atoms with Crippen LogP contribution in [-0.2, 0) is 0 Å². The Morgan fingerprint density at radius 3 is 2.23 bits per heavy atom. The number of carbonyl (C=O) groups is 1. The van der Waals surface area contributed by atoms with Crippen molar-refractivity contribution < 1.29 is 19.4 Å². The minimum Gasteiger partial charge on any atom is -0.497 e. The first-order chi connectivity index (χ1) is 17.0. The number of methoxy groups -OCH3 is 1. The van der Waals surface area contributed by atoms with Gasteiger partial charge in [-0.3, -0.25) is 0 Å². The molecule has 8 nitrogen and oxygen atoms in total. The number of rotatable bonds is 7. The highest BCUT2D eigenvalue weighted by Crippen LogP contribution is 2.31. The maximum Gasteiger partial charge on any atom is 0.338 e. The Hall–Kier alpha value is -4.07. The third kappa shape index (κ3) is 6.72. The van der Waals surface area contributed by atoms with Crippen LogP contribution in [0.2, 0.25) is 0 Å². The fourth-order valence-electron chi connectivity index (χ4n) is 3.85. The molecule has 0 spiro atoms. The van der Waals surface area contributed by atoms with Gasteiger partial charge in [0, 0.05) is 31.9 Å². The first-order valence-corrected chi connectivity index (χ1v) is 11.5. The lowest BCUT2D eigenvalue weighted by Gasteiger charge is -2.38. The molecule has 0 unspecified atom stereocenters. The van der Waals surface area contributed by atoms with Crippen LogP contribution in [0.15, 0.2) is 71.9 Å². The number of carboxylic acids is 1. The molecule has 1 aliphatic heterocycles. The van der Waals surface area contributed by atoms with Crippen molar-refractivity contribution in [1.82, 2.24) is 0 Å². The van der Waals surface area contributed by atoms with E-state index in [9.17, 15) is 14.8 Å². The van der Waals surface area contributed by atoms with E-state index in [0.29, 0.717) is 6.61 Å². The smallest absolute Gasteiger partial charge is 0.338 e. The average Bonchev–Trinajstić information content (AvgIpc) is 2.90. The third-order valence-corrected chi connectivity index (χ3v) is 5.72. The van der Waals surface area contributed by atoms with E-state index in [1.54, 1.807) is 13.2 Å². The van der Waals surface area contributed by atoms with Gasteiger partial charge in [0.1, 0.15) is 17.2 Å². The second-order valence-electron chi connectivity index (χ2n) is 7.99. The van der Waals surface area contributed by atoms with E-state index in [-0.39, 0.29) is 11.3 Å². The molecule has 1 heterocycles. The van der Waals surface area contributed by atoms with Crippen molar-refractivity contribution in [3.8, 4) is 11.5 Å². The van der Waals surface area contributed by atoms with Crippen LogP contribution in [0.1, 0.15) is 22.8 Å². The molecule has 0 aliphatic carbocycles. The van der Waals surface area contributed by atoms with Gasteiger partial charge in [-0.05, 0) is 61.5 Å². The van der Waals surface area contributed by atoms with Gasteiger partial charge < -0.3 is 24.4 Å². The minimum absolute atomic E-state index is 0.0504. The van der Waals surface area contributed by atoms with Crippen LogP contribution in [0.3, 0.4) is 0 Å². The van der Waals surface area contributed by atoms with E-state index in [0.717, 1.165) is 49.1 Å². The normalized spacial score (nSPS) is 12.9. The number of aryl methyl sites for hydroxylation is 1. The molecule has 3 aromatic carbocycles. The predicted molar refractivity (Wildman–Crippen MR) is 139 cm³/mol. The molecule has 0 radical (unpaired) electrons. The Kier molecular flexibility index (Phi) is 9.06. The number of ether oxygens (including phenoxy) is 2. The second kappa shape index (κ2) is 12.4. The summed E-state index contributed by atoms with van der Waals surface area (Å²) >= 11 is 0. The number of hydrogen-bond donors (Lipinski definition) is 1. The van der Waals surface area contributed by atoms with Crippen molar-refractivity contribution in [3.63, 3.8) is 0 Å². The number of aromatic carboxylic acids is 1. The summed E-state index contributed by atoms with van der Waals surface area (Å²) in [5, 5.41) is 12.0. The molecule has 184 valence electrons. The van der Waals surface area contributed by atoms with Gasteiger partial charge in [0.25, 0.3) is 0 Å². The Morgan fingerprint density at radius 1 is 0.971 bits per heavy atom. The molecular weight excluding hydrogens is 446 g/mol. The molecule has 0 saturated carbocycles. The molecule has 1 N–H and O–H groups in total. The molecule has 1 saturated heterocycles. The largest absolute Gasteiger partial charge is 0.497 e. The molecular formula is C27H31N3O5. The highest BCUT2D eigenvalue weighted by molar-refractivity contribution is 5.94. The van der Waals surface area contributed by atoms with Gasteiger partial charge in [-0.15, -0.1) is 4.91 Å². The number of carboxylic acid groups (broad SMARTS) is 1. The molecule has 35 heavy (non-hydrogen) atoms. The van der Waals surface area contributed by atoms with Crippen molar-refractivity contribution in [3.05, 3.63) is 82.8 Å². The molecule has 0 amide bonds. The summed E-state index contributed by atoms with van der Waals surface area (Å²) < 4.78 is 10.7. The molecule has 0 aromatic heterocycles. The Bertz CT molecular complexity index is 1130. The zero-order valence-corrected chi connectivity index (χ0v) is 20.3. The summed E-state index contributed by atoms with van der Waals surface area (Å²) in [4.78, 5) is 26.4.